The molecule has 10 aromatic heterocycles. The van der Waals surface area contributed by atoms with E-state index in [4.69, 9.17) is 36.2 Å². The van der Waals surface area contributed by atoms with Gasteiger partial charge in [0.2, 0.25) is 23.5 Å². The number of carboxylic acids is 1. The number of aromatic amines is 4. The standard InChI is InChI=1S/C16H17F3N2O4S.C16H17N3O.C16H18N2O3.C16H22N2O.C10H18O.C6H9N3O.C6H8N2O/c1-14(2)7-15(3,4)13(22)12-10(14)11-8(20-12)5-6-9(21-11)25-26(23,24)16(17,18)19;1-15(2)8-16(3,4)14(20)13-11(15)12-10(19-13)6-5-9(7-17)18-12;1-15(2)7-16(3,4)13(19)12-10(15)11-8(17-12)5-6-9(18-11)14(20)21;1-15(2)8-11-13(16(3,4)9-15)14-10(17-11)6-7-12(18-14)19-5;1-9(2)5-8(11)6-10(3,4)7-9;1-10-6-3-2-5(9-7)4-8-6;1-9-6-3-2-5(7)4-8-6/h5-6,20H,7H2,1-4H3;5-6,19H,8H2,1-4H3;5-6,17H,7H2,1-4H3,(H,20,21);6-7,17H,8-9H2,1-5H3;5-7H2,1-4H3;2-4,9H,7H2,1H3;2-4H,7H2,1H3. The number of H-pyrrole nitrogens is 4. The first kappa shape index (κ1) is 89.1. The Hall–Kier alpha value is -10.8. The molecule has 0 amide bonds. The molecule has 116 heavy (non-hydrogen) atoms. The molecule has 15 rings (SSSR count). The van der Waals surface area contributed by atoms with E-state index in [1.807, 2.05) is 67.5 Å². The van der Waals surface area contributed by atoms with Crippen molar-refractivity contribution >= 4 is 94.7 Å². The van der Waals surface area contributed by atoms with E-state index < -0.39 is 43.7 Å². The third-order valence-electron chi connectivity index (χ3n) is 21.5. The Balaban J connectivity index is 0.000000159. The third-order valence-corrected chi connectivity index (χ3v) is 22.4. The number of Topliss-reactive ketones (excluding diaryl/α,β-unsaturated/α-hetero) is 4. The number of alkyl halides is 3. The maximum absolute atomic E-state index is 12.7. The highest BCUT2D eigenvalue weighted by atomic mass is 32.2. The number of carboxylic acid groups (broad SMARTS) is 1. The molecular weight excluding hydrogens is 1510 g/mol. The summed E-state index contributed by atoms with van der Waals surface area (Å²) in [5.74, 6) is 5.70. The van der Waals surface area contributed by atoms with Gasteiger partial charge < -0.3 is 54.6 Å². The lowest BCUT2D eigenvalue weighted by Crippen LogP contribution is -2.39. The van der Waals surface area contributed by atoms with Crippen molar-refractivity contribution in [2.24, 2.45) is 38.3 Å². The second-order valence-corrected chi connectivity index (χ2v) is 39.0. The van der Waals surface area contributed by atoms with Gasteiger partial charge in [-0.25, -0.2) is 34.7 Å². The van der Waals surface area contributed by atoms with Crippen molar-refractivity contribution in [1.82, 2.24) is 49.8 Å². The van der Waals surface area contributed by atoms with Gasteiger partial charge in [-0.1, -0.05) is 138 Å². The van der Waals surface area contributed by atoms with E-state index in [0.29, 0.717) is 92.3 Å². The molecule has 5 aliphatic rings. The number of pyridine rings is 6. The molecule has 0 spiro atoms. The predicted octanol–water partition coefficient (Wildman–Crippen LogP) is 17.8. The number of nitriles is 1. The molecule has 622 valence electrons. The predicted molar refractivity (Wildman–Crippen MR) is 441 cm³/mol. The number of carbonyl (C=O) groups excluding carboxylic acids is 4. The summed E-state index contributed by atoms with van der Waals surface area (Å²) in [7, 11) is -1.02. The van der Waals surface area contributed by atoms with Crippen LogP contribution in [0.15, 0.2) is 85.2 Å². The number of rotatable bonds is 7. The number of nitrogens with two attached hydrogens (primary N) is 2. The van der Waals surface area contributed by atoms with Crippen LogP contribution in [0.2, 0.25) is 0 Å². The van der Waals surface area contributed by atoms with Crippen LogP contribution in [-0.4, -0.2) is 119 Å². The van der Waals surface area contributed by atoms with Gasteiger partial charge in [0.15, 0.2) is 17.3 Å². The fourth-order valence-corrected chi connectivity index (χ4v) is 18.9. The fraction of sp³-hybridized carbons (Fsp3) is 0.488. The number of nitrogen functional groups attached to an aromatic ring is 2. The number of anilines is 2. The number of nitrogens with one attached hydrogen (secondary N) is 5. The van der Waals surface area contributed by atoms with Crippen molar-refractivity contribution in [2.75, 3.05) is 32.5 Å². The van der Waals surface area contributed by atoms with Crippen LogP contribution in [0, 0.1) is 43.8 Å². The summed E-state index contributed by atoms with van der Waals surface area (Å²) >= 11 is 0. The van der Waals surface area contributed by atoms with Crippen molar-refractivity contribution in [2.45, 2.75) is 217 Å². The first-order chi connectivity index (χ1) is 53.4. The van der Waals surface area contributed by atoms with E-state index in [-0.39, 0.29) is 61.1 Å². The molecule has 0 unspecified atom stereocenters. The van der Waals surface area contributed by atoms with Gasteiger partial charge in [-0.05, 0) is 125 Å². The number of ether oxygens (including phenoxy) is 3. The second-order valence-electron chi connectivity index (χ2n) is 37.5. The molecular formula is C86H109F3N14O12S. The molecule has 0 radical (unpaired) electrons. The number of ketones is 4. The van der Waals surface area contributed by atoms with E-state index in [1.165, 1.54) is 36.2 Å². The molecule has 0 bridgehead atoms. The zero-order chi connectivity index (χ0) is 86.6. The Morgan fingerprint density at radius 1 is 0.483 bits per heavy atom. The molecule has 26 nitrogen and oxygen atoms in total. The first-order valence-electron chi connectivity index (χ1n) is 38.1. The average Bonchev–Trinajstić information content (AvgIpc) is 1.57. The van der Waals surface area contributed by atoms with Crippen molar-refractivity contribution in [3.8, 4) is 29.6 Å². The molecule has 10 N–H and O–H groups in total. The zero-order valence-electron chi connectivity index (χ0n) is 70.5. The second kappa shape index (κ2) is 32.0. The number of nitrogens with zero attached hydrogens (tertiary/aromatic N) is 7. The number of carbonyl (C=O) groups is 5. The van der Waals surface area contributed by atoms with Gasteiger partial charge in [0.05, 0.1) is 106 Å². The summed E-state index contributed by atoms with van der Waals surface area (Å²) in [6, 6.07) is 22.0. The summed E-state index contributed by atoms with van der Waals surface area (Å²) in [4.78, 5) is 98.2. The SMILES string of the molecule is CC1(C)CC(=O)CC(C)(C)C1.CC1(C)CC(C)(C)c2c([nH]c3ccc(C#N)nc23)C1=O.CC1(C)CC(C)(C)c2c([nH]c3ccc(C(=O)O)nc23)C1=O.CC1(C)CC(C)(C)c2c([nH]c3ccc(OS(=O)(=O)C(F)(F)F)nc23)C1=O.COc1ccc(N)cn1.COc1ccc(NN)cn1.COc1ccc2[nH]c3c(c2n1)C(C)(C)CC(C)(C)C3. The molecule has 10 aromatic rings. The molecule has 0 atom stereocenters. The summed E-state index contributed by atoms with van der Waals surface area (Å²) in [6.07, 6.45) is 10.1. The number of halogens is 3. The summed E-state index contributed by atoms with van der Waals surface area (Å²) in [5.41, 5.74) is 15.1. The first-order valence-corrected chi connectivity index (χ1v) is 39.5. The number of hydrogen-bond acceptors (Lipinski definition) is 21. The van der Waals surface area contributed by atoms with Crippen LogP contribution in [0.1, 0.15) is 259 Å². The number of aromatic nitrogens is 10. The number of hydrogen-bond donors (Lipinski definition) is 8. The number of aromatic carboxylic acids is 1. The highest BCUT2D eigenvalue weighted by Gasteiger charge is 2.51. The summed E-state index contributed by atoms with van der Waals surface area (Å²) in [6.45, 7) is 41.8. The Morgan fingerprint density at radius 2 is 0.862 bits per heavy atom. The van der Waals surface area contributed by atoms with E-state index in [2.05, 4.69) is 155 Å². The Labute approximate surface area is 674 Å². The summed E-state index contributed by atoms with van der Waals surface area (Å²) in [5, 5.41) is 18.1. The van der Waals surface area contributed by atoms with Gasteiger partial charge in [0, 0.05) is 81.3 Å². The van der Waals surface area contributed by atoms with Crippen LogP contribution in [0.3, 0.4) is 0 Å². The summed E-state index contributed by atoms with van der Waals surface area (Å²) < 4.78 is 79.0. The highest BCUT2D eigenvalue weighted by Crippen LogP contribution is 2.53. The normalized spacial score (nSPS) is 18.8. The van der Waals surface area contributed by atoms with Crippen LogP contribution in [0.4, 0.5) is 24.5 Å². The molecule has 10 heterocycles. The molecule has 5 aliphatic carbocycles. The van der Waals surface area contributed by atoms with Gasteiger partial charge in [-0.3, -0.25) is 25.0 Å². The van der Waals surface area contributed by atoms with Crippen molar-refractivity contribution in [3.63, 3.8) is 0 Å². The van der Waals surface area contributed by atoms with Gasteiger partial charge >= 0.3 is 21.6 Å². The lowest BCUT2D eigenvalue weighted by molar-refractivity contribution is -0.127. The minimum Gasteiger partial charge on any atom is -0.481 e. The van der Waals surface area contributed by atoms with Crippen LogP contribution in [-0.2, 0) is 43.0 Å². The quantitative estimate of drug-likeness (QED) is 0.0318. The largest absolute Gasteiger partial charge is 0.534 e. The maximum atomic E-state index is 12.7. The molecule has 30 heteroatoms. The molecule has 1 fully saturated rings. The third kappa shape index (κ3) is 19.3. The highest BCUT2D eigenvalue weighted by molar-refractivity contribution is 7.88. The molecule has 1 saturated carbocycles. The van der Waals surface area contributed by atoms with Crippen LogP contribution >= 0.6 is 0 Å². The smallest absolute Gasteiger partial charge is 0.481 e. The van der Waals surface area contributed by atoms with Gasteiger partial charge in [0.1, 0.15) is 23.2 Å². The number of hydrazine groups is 1. The lowest BCUT2D eigenvalue weighted by atomic mass is 9.63. The number of fused-ring (bicyclic) bond motifs is 12. The lowest BCUT2D eigenvalue weighted by Gasteiger charge is -2.40. The zero-order valence-corrected chi connectivity index (χ0v) is 71.3. The van der Waals surface area contributed by atoms with E-state index in [0.717, 1.165) is 70.6 Å². The molecule has 0 aromatic carbocycles. The molecule has 0 aliphatic heterocycles. The van der Waals surface area contributed by atoms with Gasteiger partial charge in [-0.2, -0.15) is 26.9 Å². The van der Waals surface area contributed by atoms with Crippen LogP contribution in [0.5, 0.6) is 23.5 Å². The average molecular weight is 1620 g/mol. The Morgan fingerprint density at radius 3 is 1.27 bits per heavy atom. The Kier molecular flexibility index (Phi) is 24.6. The van der Waals surface area contributed by atoms with Crippen molar-refractivity contribution in [1.29, 1.82) is 5.26 Å². The molecule has 0 saturated heterocycles. The monoisotopic (exact) mass is 1620 g/mol. The van der Waals surface area contributed by atoms with Crippen LogP contribution in [0.25, 0.3) is 44.1 Å². The van der Waals surface area contributed by atoms with E-state index in [1.54, 1.807) is 70.1 Å². The van der Waals surface area contributed by atoms with Crippen LogP contribution < -0.4 is 35.4 Å². The Bertz CT molecular complexity index is 5540. The topological polar surface area (TPSA) is 405 Å². The van der Waals surface area contributed by atoms with E-state index >= 15 is 0 Å². The van der Waals surface area contributed by atoms with Gasteiger partial charge in [0.25, 0.3) is 0 Å². The minimum absolute atomic E-state index is 0.00242. The number of methoxy groups -OCH3 is 3. The van der Waals surface area contributed by atoms with Crippen molar-refractivity contribution < 1.29 is 69.1 Å². The fourth-order valence-electron chi connectivity index (χ4n) is 18.4. The minimum atomic E-state index is -5.82. The van der Waals surface area contributed by atoms with E-state index in [9.17, 15) is 45.6 Å². The maximum Gasteiger partial charge on any atom is 0.534 e. The van der Waals surface area contributed by atoms with Crippen molar-refractivity contribution in [3.05, 3.63) is 142 Å². The van der Waals surface area contributed by atoms with Gasteiger partial charge in [-0.15, -0.1) is 0 Å².